The zero-order valence-electron chi connectivity index (χ0n) is 14.7. The average molecular weight is 373 g/mol. The molecule has 1 amide bonds. The normalized spacial score (nSPS) is 15.0. The Morgan fingerprint density at radius 3 is 2.62 bits per heavy atom. The maximum absolute atomic E-state index is 12.7. The van der Waals surface area contributed by atoms with Crippen LogP contribution < -0.4 is 10.1 Å². The molecule has 0 bridgehead atoms. The number of nitrogens with zero attached hydrogens (tertiary/aromatic N) is 1. The second-order valence-corrected chi connectivity index (χ2v) is 8.10. The van der Waals surface area contributed by atoms with Crippen molar-refractivity contribution in [3.05, 3.63) is 65.2 Å². The van der Waals surface area contributed by atoms with Gasteiger partial charge in [-0.2, -0.15) is 0 Å². The van der Waals surface area contributed by atoms with Crippen LogP contribution >= 0.6 is 0 Å². The molecule has 138 valence electrons. The van der Waals surface area contributed by atoms with E-state index in [1.54, 1.807) is 24.1 Å². The zero-order valence-corrected chi connectivity index (χ0v) is 15.6. The molecule has 1 fully saturated rings. The van der Waals surface area contributed by atoms with Gasteiger partial charge in [0.2, 0.25) is 10.0 Å². The first-order valence-electron chi connectivity index (χ1n) is 8.67. The van der Waals surface area contributed by atoms with Gasteiger partial charge in [-0.25, -0.2) is 18.6 Å². The fourth-order valence-corrected chi connectivity index (χ4v) is 4.18. The monoisotopic (exact) mass is 373 g/mol. The van der Waals surface area contributed by atoms with Gasteiger partial charge in [0.15, 0.2) is 0 Å². The fourth-order valence-electron chi connectivity index (χ4n) is 2.89. The molecule has 0 aliphatic carbocycles. The van der Waals surface area contributed by atoms with Crippen LogP contribution in [-0.2, 0) is 16.6 Å². The summed E-state index contributed by atoms with van der Waals surface area (Å²) < 4.78 is 28.1. The Hall–Kier alpha value is -2.22. The van der Waals surface area contributed by atoms with E-state index >= 15 is 0 Å². The zero-order chi connectivity index (χ0) is 18.6. The minimum Gasteiger partial charge on any atom is -0.274 e. The lowest BCUT2D eigenvalue weighted by molar-refractivity contribution is 0.0610. The van der Waals surface area contributed by atoms with Gasteiger partial charge in [0, 0.05) is 25.2 Å². The van der Waals surface area contributed by atoms with Crippen molar-refractivity contribution in [3.63, 3.8) is 0 Å². The van der Waals surface area contributed by atoms with Gasteiger partial charge in [0.25, 0.3) is 5.91 Å². The first-order valence-corrected chi connectivity index (χ1v) is 10.2. The van der Waals surface area contributed by atoms with E-state index in [1.807, 2.05) is 30.3 Å². The fraction of sp³-hybridized carbons (Fsp3) is 0.316. The van der Waals surface area contributed by atoms with Gasteiger partial charge >= 0.3 is 0 Å². The molecule has 0 spiro atoms. The number of amides is 1. The molecule has 0 unspecified atom stereocenters. The smallest absolute Gasteiger partial charge is 0.268 e. The lowest BCUT2D eigenvalue weighted by atomic mass is 10.1. The maximum atomic E-state index is 12.7. The Bertz CT molecular complexity index is 876. The highest BCUT2D eigenvalue weighted by Gasteiger charge is 2.22. The van der Waals surface area contributed by atoms with E-state index in [0.717, 1.165) is 24.9 Å². The molecule has 0 aromatic heterocycles. The molecule has 0 atom stereocenters. The maximum Gasteiger partial charge on any atom is 0.268 e. The molecular formula is C19H23N3O3S. The van der Waals surface area contributed by atoms with Crippen molar-refractivity contribution in [1.82, 2.24) is 15.2 Å². The first kappa shape index (κ1) is 18.6. The summed E-state index contributed by atoms with van der Waals surface area (Å²) in [5.74, 6) is -0.204. The van der Waals surface area contributed by atoms with Crippen LogP contribution in [0.1, 0.15) is 34.3 Å². The Balaban J connectivity index is 1.81. The lowest BCUT2D eigenvalue weighted by Crippen LogP contribution is -2.47. The van der Waals surface area contributed by atoms with Crippen LogP contribution in [0.15, 0.2) is 53.4 Å². The minimum atomic E-state index is -3.72. The van der Waals surface area contributed by atoms with Crippen molar-refractivity contribution in [2.24, 2.45) is 0 Å². The van der Waals surface area contributed by atoms with Crippen LogP contribution in [0.4, 0.5) is 0 Å². The summed E-state index contributed by atoms with van der Waals surface area (Å²) in [5.41, 5.74) is 4.90. The molecule has 2 N–H and O–H groups in total. The Labute approximate surface area is 154 Å². The average Bonchev–Trinajstić information content (AvgIpc) is 2.68. The second kappa shape index (κ2) is 7.99. The van der Waals surface area contributed by atoms with Crippen LogP contribution in [0.3, 0.4) is 0 Å². The van der Waals surface area contributed by atoms with E-state index in [0.29, 0.717) is 17.7 Å². The van der Waals surface area contributed by atoms with Crippen LogP contribution in [0.5, 0.6) is 0 Å². The van der Waals surface area contributed by atoms with E-state index in [2.05, 4.69) is 10.1 Å². The van der Waals surface area contributed by atoms with E-state index in [1.165, 1.54) is 6.07 Å². The quantitative estimate of drug-likeness (QED) is 0.842. The molecule has 0 radical (unpaired) electrons. The van der Waals surface area contributed by atoms with E-state index in [9.17, 15) is 13.2 Å². The van der Waals surface area contributed by atoms with Crippen molar-refractivity contribution in [2.45, 2.75) is 31.2 Å². The highest BCUT2D eigenvalue weighted by atomic mass is 32.2. The summed E-state index contributed by atoms with van der Waals surface area (Å²) in [5, 5.41) is 1.56. The molecule has 7 heteroatoms. The van der Waals surface area contributed by atoms with E-state index in [-0.39, 0.29) is 17.3 Å². The summed E-state index contributed by atoms with van der Waals surface area (Å²) in [7, 11) is -3.72. The first-order chi connectivity index (χ1) is 12.5. The number of sulfonamides is 1. The van der Waals surface area contributed by atoms with Crippen LogP contribution in [0.25, 0.3) is 0 Å². The summed E-state index contributed by atoms with van der Waals surface area (Å²) in [4.78, 5) is 12.8. The highest BCUT2D eigenvalue weighted by Crippen LogP contribution is 2.19. The van der Waals surface area contributed by atoms with Gasteiger partial charge in [0.05, 0.1) is 4.90 Å². The lowest BCUT2D eigenvalue weighted by Gasteiger charge is -2.27. The minimum absolute atomic E-state index is 0.135. The van der Waals surface area contributed by atoms with Gasteiger partial charge < -0.3 is 0 Å². The molecule has 2 aromatic rings. The number of hydrazine groups is 1. The van der Waals surface area contributed by atoms with Crippen LogP contribution in [-0.4, -0.2) is 32.4 Å². The molecule has 6 nitrogen and oxygen atoms in total. The molecule has 1 aliphatic rings. The Morgan fingerprint density at radius 2 is 1.92 bits per heavy atom. The Morgan fingerprint density at radius 1 is 1.15 bits per heavy atom. The topological polar surface area (TPSA) is 78.5 Å². The molecule has 26 heavy (non-hydrogen) atoms. The van der Waals surface area contributed by atoms with Crippen LogP contribution in [0, 0.1) is 6.92 Å². The largest absolute Gasteiger partial charge is 0.274 e. The molecule has 3 rings (SSSR count). The van der Waals surface area contributed by atoms with Gasteiger partial charge in [-0.05, 0) is 43.0 Å². The highest BCUT2D eigenvalue weighted by molar-refractivity contribution is 7.89. The van der Waals surface area contributed by atoms with Crippen LogP contribution in [0.2, 0.25) is 0 Å². The number of carbonyl (C=O) groups is 1. The number of aryl methyl sites for hydroxylation is 1. The van der Waals surface area contributed by atoms with E-state index in [4.69, 9.17) is 0 Å². The SMILES string of the molecule is Cc1ccc(C(=O)N2CCCCN2)cc1S(=O)(=O)NCc1ccccc1. The van der Waals surface area contributed by atoms with Crippen molar-refractivity contribution in [2.75, 3.05) is 13.1 Å². The third-order valence-corrected chi connectivity index (χ3v) is 5.93. The van der Waals surface area contributed by atoms with Gasteiger partial charge in [0.1, 0.15) is 0 Å². The van der Waals surface area contributed by atoms with Gasteiger partial charge in [-0.1, -0.05) is 36.4 Å². The second-order valence-electron chi connectivity index (χ2n) is 6.36. The number of rotatable bonds is 5. The number of nitrogens with one attached hydrogen (secondary N) is 2. The number of hydrogen-bond donors (Lipinski definition) is 2. The van der Waals surface area contributed by atoms with Gasteiger partial charge in [-0.3, -0.25) is 9.80 Å². The van der Waals surface area contributed by atoms with Crippen molar-refractivity contribution in [3.8, 4) is 0 Å². The predicted octanol–water partition coefficient (Wildman–Crippen LogP) is 2.21. The standard InChI is InChI=1S/C19H23N3O3S/c1-15-9-10-17(19(23)22-12-6-5-11-20-22)13-18(15)26(24,25)21-14-16-7-3-2-4-8-16/h2-4,7-10,13,20-21H,5-6,11-12,14H2,1H3. The number of benzene rings is 2. The third kappa shape index (κ3) is 4.30. The molecule has 1 heterocycles. The summed E-state index contributed by atoms with van der Waals surface area (Å²) in [6.07, 6.45) is 1.97. The van der Waals surface area contributed by atoms with Crippen molar-refractivity contribution < 1.29 is 13.2 Å². The van der Waals surface area contributed by atoms with Crippen molar-refractivity contribution in [1.29, 1.82) is 0 Å². The molecule has 2 aromatic carbocycles. The molecule has 0 saturated carbocycles. The van der Waals surface area contributed by atoms with E-state index < -0.39 is 10.0 Å². The van der Waals surface area contributed by atoms with Crippen molar-refractivity contribution >= 4 is 15.9 Å². The molecule has 1 saturated heterocycles. The summed E-state index contributed by atoms with van der Waals surface area (Å²) in [6, 6.07) is 14.1. The molecule has 1 aliphatic heterocycles. The van der Waals surface area contributed by atoms with Gasteiger partial charge in [-0.15, -0.1) is 0 Å². The molecular weight excluding hydrogens is 350 g/mol. The number of carbonyl (C=O) groups excluding carboxylic acids is 1. The Kier molecular flexibility index (Phi) is 5.70. The third-order valence-electron chi connectivity index (χ3n) is 4.39. The summed E-state index contributed by atoms with van der Waals surface area (Å²) >= 11 is 0. The summed E-state index contributed by atoms with van der Waals surface area (Å²) in [6.45, 7) is 3.31. The predicted molar refractivity (Wildman–Crippen MR) is 99.9 cm³/mol. The number of hydrogen-bond acceptors (Lipinski definition) is 4.